The molecule has 3 aromatic rings. The fourth-order valence-electron chi connectivity index (χ4n) is 3.02. The lowest BCUT2D eigenvalue weighted by Crippen LogP contribution is -2.19. The van der Waals surface area contributed by atoms with E-state index in [0.29, 0.717) is 22.1 Å². The number of carbonyl (C=O) groups is 2. The van der Waals surface area contributed by atoms with Gasteiger partial charge in [-0.3, -0.25) is 9.59 Å². The van der Waals surface area contributed by atoms with Gasteiger partial charge in [0, 0.05) is 28.6 Å². The summed E-state index contributed by atoms with van der Waals surface area (Å²) in [6.07, 6.45) is 0. The Balaban J connectivity index is 1.91. The Bertz CT molecular complexity index is 1090. The van der Waals surface area contributed by atoms with E-state index in [2.05, 4.69) is 10.6 Å². The van der Waals surface area contributed by atoms with Gasteiger partial charge in [-0.25, -0.2) is 0 Å². The molecule has 0 radical (unpaired) electrons. The maximum absolute atomic E-state index is 13.4. The predicted octanol–water partition coefficient (Wildman–Crippen LogP) is 6.09. The van der Waals surface area contributed by atoms with Gasteiger partial charge in [0.2, 0.25) is 11.8 Å². The van der Waals surface area contributed by atoms with Gasteiger partial charge >= 0.3 is 0 Å². The third-order valence-electron chi connectivity index (χ3n) is 4.49. The van der Waals surface area contributed by atoms with Gasteiger partial charge in [0.25, 0.3) is 0 Å². The van der Waals surface area contributed by atoms with E-state index < -0.39 is 5.25 Å². The number of methoxy groups -OCH3 is 1. The quantitative estimate of drug-likeness (QED) is 0.424. The molecule has 0 aliphatic heterocycles. The van der Waals surface area contributed by atoms with Crippen LogP contribution in [0.3, 0.4) is 0 Å². The number of thioether (sulfide) groups is 1. The first-order valence-electron chi connectivity index (χ1n) is 9.61. The van der Waals surface area contributed by atoms with Crippen LogP contribution in [0.25, 0.3) is 0 Å². The number of amides is 2. The minimum atomic E-state index is -0.519. The molecule has 0 heterocycles. The van der Waals surface area contributed by atoms with Gasteiger partial charge in [-0.1, -0.05) is 48.0 Å². The van der Waals surface area contributed by atoms with Gasteiger partial charge in [0.15, 0.2) is 0 Å². The van der Waals surface area contributed by atoms with Crippen molar-refractivity contribution in [2.75, 3.05) is 17.7 Å². The van der Waals surface area contributed by atoms with Crippen LogP contribution in [0, 0.1) is 6.92 Å². The van der Waals surface area contributed by atoms with Crippen LogP contribution in [0.2, 0.25) is 5.02 Å². The highest BCUT2D eigenvalue weighted by atomic mass is 35.5. The summed E-state index contributed by atoms with van der Waals surface area (Å²) in [5, 5.41) is 5.80. The maximum Gasteiger partial charge on any atom is 0.242 e. The Morgan fingerprint density at radius 1 is 1.00 bits per heavy atom. The highest BCUT2D eigenvalue weighted by Gasteiger charge is 2.23. The summed E-state index contributed by atoms with van der Waals surface area (Å²) < 4.78 is 5.39. The summed E-state index contributed by atoms with van der Waals surface area (Å²) in [5.74, 6) is 0.152. The second-order valence-corrected chi connectivity index (χ2v) is 8.49. The molecule has 0 fully saturated rings. The summed E-state index contributed by atoms with van der Waals surface area (Å²) in [4.78, 5) is 25.6. The molecule has 31 heavy (non-hydrogen) atoms. The summed E-state index contributed by atoms with van der Waals surface area (Å²) in [6, 6.07) is 20.4. The first-order chi connectivity index (χ1) is 14.9. The molecule has 5 nitrogen and oxygen atoms in total. The lowest BCUT2D eigenvalue weighted by atomic mass is 10.1. The average Bonchev–Trinajstić information content (AvgIpc) is 2.74. The van der Waals surface area contributed by atoms with Crippen LogP contribution in [0.15, 0.2) is 71.6 Å². The average molecular weight is 455 g/mol. The van der Waals surface area contributed by atoms with Crippen LogP contribution in [0.4, 0.5) is 11.4 Å². The first kappa shape index (κ1) is 22.7. The largest absolute Gasteiger partial charge is 0.495 e. The summed E-state index contributed by atoms with van der Waals surface area (Å²) in [5.41, 5.74) is 2.94. The maximum atomic E-state index is 13.4. The van der Waals surface area contributed by atoms with E-state index in [1.54, 1.807) is 12.1 Å². The van der Waals surface area contributed by atoms with Crippen LogP contribution in [-0.2, 0) is 9.59 Å². The number of benzene rings is 3. The Morgan fingerprint density at radius 3 is 2.42 bits per heavy atom. The van der Waals surface area contributed by atoms with Gasteiger partial charge < -0.3 is 15.4 Å². The van der Waals surface area contributed by atoms with Gasteiger partial charge in [-0.2, -0.15) is 0 Å². The summed E-state index contributed by atoms with van der Waals surface area (Å²) in [6.45, 7) is 3.33. The molecule has 0 bridgehead atoms. The van der Waals surface area contributed by atoms with E-state index in [1.165, 1.54) is 25.8 Å². The van der Waals surface area contributed by atoms with E-state index in [9.17, 15) is 9.59 Å². The van der Waals surface area contributed by atoms with Gasteiger partial charge in [0.05, 0.1) is 12.8 Å². The lowest BCUT2D eigenvalue weighted by Gasteiger charge is -2.19. The molecule has 1 unspecified atom stereocenters. The zero-order valence-corrected chi connectivity index (χ0v) is 19.0. The normalized spacial score (nSPS) is 11.5. The van der Waals surface area contributed by atoms with Crippen molar-refractivity contribution in [1.82, 2.24) is 0 Å². The minimum absolute atomic E-state index is 0.148. The molecule has 0 spiro atoms. The fourth-order valence-corrected chi connectivity index (χ4v) is 4.25. The van der Waals surface area contributed by atoms with E-state index in [1.807, 2.05) is 61.5 Å². The van der Waals surface area contributed by atoms with Gasteiger partial charge in [-0.05, 0) is 42.3 Å². The van der Waals surface area contributed by atoms with Crippen molar-refractivity contribution in [3.05, 3.63) is 82.9 Å². The third-order valence-corrected chi connectivity index (χ3v) is 6.14. The number of nitrogens with one attached hydrogen (secondary N) is 2. The van der Waals surface area contributed by atoms with Crippen LogP contribution in [0.1, 0.15) is 23.3 Å². The van der Waals surface area contributed by atoms with Crippen molar-refractivity contribution in [1.29, 1.82) is 0 Å². The Hall–Kier alpha value is -2.96. The van der Waals surface area contributed by atoms with Crippen molar-refractivity contribution in [2.45, 2.75) is 24.0 Å². The molecule has 2 N–H and O–H groups in total. The number of hydrogen-bond acceptors (Lipinski definition) is 4. The monoisotopic (exact) mass is 454 g/mol. The standard InChI is InChI=1S/C24H23ClN2O3S/c1-15-12-21(22(30-3)14-20(15)25)27-24(29)23(17-8-5-4-6-9-17)31-19-11-7-10-18(13-19)26-16(2)28/h4-14,23H,1-3H3,(H,26,28)(H,27,29). The molecule has 0 aliphatic carbocycles. The number of ether oxygens (including phenoxy) is 1. The van der Waals surface area contributed by atoms with Gasteiger partial charge in [-0.15, -0.1) is 11.8 Å². The lowest BCUT2D eigenvalue weighted by molar-refractivity contribution is -0.116. The minimum Gasteiger partial charge on any atom is -0.495 e. The third kappa shape index (κ3) is 6.03. The highest BCUT2D eigenvalue weighted by molar-refractivity contribution is 8.00. The van der Waals surface area contributed by atoms with Crippen molar-refractivity contribution in [3.8, 4) is 5.75 Å². The first-order valence-corrected chi connectivity index (χ1v) is 10.9. The Labute approximate surface area is 191 Å². The zero-order valence-electron chi connectivity index (χ0n) is 17.4. The van der Waals surface area contributed by atoms with Gasteiger partial charge in [0.1, 0.15) is 11.0 Å². The molecule has 3 rings (SSSR count). The van der Waals surface area contributed by atoms with Crippen molar-refractivity contribution < 1.29 is 14.3 Å². The number of anilines is 2. The van der Waals surface area contributed by atoms with Crippen molar-refractivity contribution in [3.63, 3.8) is 0 Å². The molecule has 0 aromatic heterocycles. The number of aryl methyl sites for hydroxylation is 1. The Kier molecular flexibility index (Phi) is 7.60. The fraction of sp³-hybridized carbons (Fsp3) is 0.167. The highest BCUT2D eigenvalue weighted by Crippen LogP contribution is 2.38. The van der Waals surface area contributed by atoms with Crippen LogP contribution < -0.4 is 15.4 Å². The molecular weight excluding hydrogens is 432 g/mol. The van der Waals surface area contributed by atoms with Crippen LogP contribution in [-0.4, -0.2) is 18.9 Å². The molecule has 3 aromatic carbocycles. The summed E-state index contributed by atoms with van der Waals surface area (Å²) >= 11 is 7.59. The van der Waals surface area contributed by atoms with E-state index in [0.717, 1.165) is 16.0 Å². The molecule has 2 amide bonds. The topological polar surface area (TPSA) is 67.4 Å². The van der Waals surface area contributed by atoms with Crippen molar-refractivity contribution >= 4 is 46.6 Å². The predicted molar refractivity (Wildman–Crippen MR) is 127 cm³/mol. The van der Waals surface area contributed by atoms with Crippen molar-refractivity contribution in [2.24, 2.45) is 0 Å². The van der Waals surface area contributed by atoms with Crippen LogP contribution in [0.5, 0.6) is 5.75 Å². The molecule has 0 saturated carbocycles. The van der Waals surface area contributed by atoms with E-state index >= 15 is 0 Å². The number of rotatable bonds is 7. The molecular formula is C24H23ClN2O3S. The smallest absolute Gasteiger partial charge is 0.242 e. The Morgan fingerprint density at radius 2 is 1.74 bits per heavy atom. The molecule has 160 valence electrons. The zero-order chi connectivity index (χ0) is 22.4. The number of hydrogen-bond donors (Lipinski definition) is 2. The molecule has 0 saturated heterocycles. The van der Waals surface area contributed by atoms with E-state index in [4.69, 9.17) is 16.3 Å². The molecule has 0 aliphatic rings. The van der Waals surface area contributed by atoms with E-state index in [-0.39, 0.29) is 11.8 Å². The number of carbonyl (C=O) groups excluding carboxylic acids is 2. The molecule has 7 heteroatoms. The number of halogens is 1. The van der Waals surface area contributed by atoms with Crippen LogP contribution >= 0.6 is 23.4 Å². The second kappa shape index (κ2) is 10.4. The molecule has 1 atom stereocenters. The summed E-state index contributed by atoms with van der Waals surface area (Å²) in [7, 11) is 1.54. The SMILES string of the molecule is COc1cc(Cl)c(C)cc1NC(=O)C(Sc1cccc(NC(C)=O)c1)c1ccccc1. The second-order valence-electron chi connectivity index (χ2n) is 6.91.